The molecule has 0 saturated heterocycles. The van der Waals surface area contributed by atoms with Crippen LogP contribution in [-0.4, -0.2) is 32.6 Å². The van der Waals surface area contributed by atoms with E-state index in [9.17, 15) is 9.59 Å². The van der Waals surface area contributed by atoms with Crippen LogP contribution in [0.1, 0.15) is 70.1 Å². The van der Waals surface area contributed by atoms with E-state index in [0.717, 1.165) is 43.4 Å². The largest absolute Gasteiger partial charge is 0.493 e. The van der Waals surface area contributed by atoms with E-state index in [1.807, 2.05) is 12.1 Å². The molecular formula is C23H32O6. The van der Waals surface area contributed by atoms with Crippen molar-refractivity contribution in [3.8, 4) is 11.5 Å². The molecule has 29 heavy (non-hydrogen) atoms. The number of unbranched alkanes of at least 4 members (excludes halogenated alkanes) is 3. The van der Waals surface area contributed by atoms with Gasteiger partial charge in [-0.05, 0) is 44.0 Å². The van der Waals surface area contributed by atoms with Crippen LogP contribution in [0.15, 0.2) is 17.9 Å². The summed E-state index contributed by atoms with van der Waals surface area (Å²) in [6.07, 6.45) is 6.36. The number of esters is 1. The third-order valence-corrected chi connectivity index (χ3v) is 5.05. The SMILES string of the molecule is CCCCCCC1=Cc2cc(OC)c(OC)cc2C(C(C(C)=O)C(=O)OCC)O1. The number of Topliss-reactive ketones (excluding diaryl/α,β-unsaturated/α-hetero) is 1. The third kappa shape index (κ3) is 5.52. The van der Waals surface area contributed by atoms with Crippen LogP contribution in [0.2, 0.25) is 0 Å². The molecule has 1 aromatic carbocycles. The highest BCUT2D eigenvalue weighted by atomic mass is 16.5. The Labute approximate surface area is 173 Å². The maximum absolute atomic E-state index is 12.6. The monoisotopic (exact) mass is 404 g/mol. The molecule has 2 unspecified atom stereocenters. The summed E-state index contributed by atoms with van der Waals surface area (Å²) in [5.41, 5.74) is 1.58. The average Bonchev–Trinajstić information content (AvgIpc) is 2.70. The molecule has 0 bridgehead atoms. The molecule has 1 heterocycles. The molecule has 6 nitrogen and oxygen atoms in total. The van der Waals surface area contributed by atoms with Gasteiger partial charge in [0.25, 0.3) is 0 Å². The molecule has 0 spiro atoms. The second-order valence-electron chi connectivity index (χ2n) is 7.14. The number of carbonyl (C=O) groups excluding carboxylic acids is 2. The first kappa shape index (κ1) is 22.8. The van der Waals surface area contributed by atoms with E-state index in [0.29, 0.717) is 17.1 Å². The first-order valence-electron chi connectivity index (χ1n) is 10.3. The van der Waals surface area contributed by atoms with Gasteiger partial charge in [0.05, 0.1) is 26.6 Å². The Bertz CT molecular complexity index is 752. The Morgan fingerprint density at radius 3 is 2.34 bits per heavy atom. The summed E-state index contributed by atoms with van der Waals surface area (Å²) < 4.78 is 22.2. The van der Waals surface area contributed by atoms with Gasteiger partial charge in [-0.1, -0.05) is 26.2 Å². The van der Waals surface area contributed by atoms with Crippen LogP contribution in [0.5, 0.6) is 11.5 Å². The fourth-order valence-corrected chi connectivity index (χ4v) is 3.56. The quantitative estimate of drug-likeness (QED) is 0.298. The standard InChI is InChI=1S/C23H32O6/c1-6-8-9-10-11-17-12-16-13-19(26-4)20(27-5)14-18(16)22(29-17)21(15(3)24)23(25)28-7-2/h12-14,21-22H,6-11H2,1-5H3. The molecule has 0 saturated carbocycles. The number of carbonyl (C=O) groups is 2. The van der Waals surface area contributed by atoms with Crippen molar-refractivity contribution in [2.24, 2.45) is 5.92 Å². The predicted octanol–water partition coefficient (Wildman–Crippen LogP) is 4.85. The second-order valence-corrected chi connectivity index (χ2v) is 7.14. The van der Waals surface area contributed by atoms with Crippen molar-refractivity contribution in [3.05, 3.63) is 29.0 Å². The number of methoxy groups -OCH3 is 2. The summed E-state index contributed by atoms with van der Waals surface area (Å²) in [4.78, 5) is 25.0. The van der Waals surface area contributed by atoms with E-state index in [1.54, 1.807) is 27.2 Å². The molecule has 1 aliphatic rings. The minimum Gasteiger partial charge on any atom is -0.493 e. The number of ether oxygens (including phenoxy) is 4. The highest BCUT2D eigenvalue weighted by Gasteiger charge is 2.40. The maximum Gasteiger partial charge on any atom is 0.320 e. The lowest BCUT2D eigenvalue weighted by atomic mass is 9.87. The minimum atomic E-state index is -1.04. The smallest absolute Gasteiger partial charge is 0.320 e. The van der Waals surface area contributed by atoms with Gasteiger partial charge in [0.15, 0.2) is 17.4 Å². The zero-order valence-electron chi connectivity index (χ0n) is 18.1. The van der Waals surface area contributed by atoms with E-state index in [4.69, 9.17) is 18.9 Å². The van der Waals surface area contributed by atoms with Gasteiger partial charge in [0, 0.05) is 12.0 Å². The minimum absolute atomic E-state index is 0.202. The van der Waals surface area contributed by atoms with E-state index >= 15 is 0 Å². The van der Waals surface area contributed by atoms with Crippen molar-refractivity contribution >= 4 is 17.8 Å². The molecule has 0 radical (unpaired) electrons. The molecule has 2 atom stereocenters. The van der Waals surface area contributed by atoms with Gasteiger partial charge >= 0.3 is 5.97 Å². The lowest BCUT2D eigenvalue weighted by Crippen LogP contribution is -2.33. The number of benzene rings is 1. The van der Waals surface area contributed by atoms with Crippen LogP contribution < -0.4 is 9.47 Å². The van der Waals surface area contributed by atoms with Gasteiger partial charge < -0.3 is 18.9 Å². The van der Waals surface area contributed by atoms with Gasteiger partial charge in [-0.25, -0.2) is 0 Å². The van der Waals surface area contributed by atoms with Crippen LogP contribution in [0.4, 0.5) is 0 Å². The first-order chi connectivity index (χ1) is 14.0. The number of ketones is 1. The fraction of sp³-hybridized carbons (Fsp3) is 0.565. The van der Waals surface area contributed by atoms with Crippen LogP contribution in [0.25, 0.3) is 6.08 Å². The lowest BCUT2D eigenvalue weighted by molar-refractivity contribution is -0.156. The van der Waals surface area contributed by atoms with Crippen LogP contribution in [0, 0.1) is 5.92 Å². The number of hydrogen-bond acceptors (Lipinski definition) is 6. The summed E-state index contributed by atoms with van der Waals surface area (Å²) in [5.74, 6) is -0.0262. The Balaban J connectivity index is 2.47. The molecule has 0 fully saturated rings. The molecule has 0 aromatic heterocycles. The van der Waals surface area contributed by atoms with Crippen molar-refractivity contribution in [3.63, 3.8) is 0 Å². The summed E-state index contributed by atoms with van der Waals surface area (Å²) in [6.45, 7) is 5.48. The zero-order valence-corrected chi connectivity index (χ0v) is 18.1. The first-order valence-corrected chi connectivity index (χ1v) is 10.3. The Kier molecular flexibility index (Phi) is 8.55. The van der Waals surface area contributed by atoms with Gasteiger partial charge in [-0.3, -0.25) is 9.59 Å². The number of allylic oxidation sites excluding steroid dienone is 1. The van der Waals surface area contributed by atoms with Crippen molar-refractivity contribution in [2.45, 2.75) is 59.0 Å². The lowest BCUT2D eigenvalue weighted by Gasteiger charge is -2.31. The molecule has 6 heteroatoms. The highest BCUT2D eigenvalue weighted by Crippen LogP contribution is 2.43. The van der Waals surface area contributed by atoms with Gasteiger partial charge in [-0.2, -0.15) is 0 Å². The van der Waals surface area contributed by atoms with Gasteiger partial charge in [-0.15, -0.1) is 0 Å². The summed E-state index contributed by atoms with van der Waals surface area (Å²) >= 11 is 0. The van der Waals surface area contributed by atoms with Crippen molar-refractivity contribution in [2.75, 3.05) is 20.8 Å². The molecule has 0 N–H and O–H groups in total. The summed E-state index contributed by atoms with van der Waals surface area (Å²) in [6, 6.07) is 3.64. The zero-order chi connectivity index (χ0) is 21.4. The molecular weight excluding hydrogens is 372 g/mol. The van der Waals surface area contributed by atoms with Crippen molar-refractivity contribution in [1.82, 2.24) is 0 Å². The Hall–Kier alpha value is -2.50. The Morgan fingerprint density at radius 2 is 1.76 bits per heavy atom. The van der Waals surface area contributed by atoms with E-state index in [-0.39, 0.29) is 12.4 Å². The Morgan fingerprint density at radius 1 is 1.07 bits per heavy atom. The van der Waals surface area contributed by atoms with E-state index < -0.39 is 18.0 Å². The molecule has 0 amide bonds. The number of rotatable bonds is 11. The highest BCUT2D eigenvalue weighted by molar-refractivity contribution is 5.98. The summed E-state index contributed by atoms with van der Waals surface area (Å²) in [5, 5.41) is 0. The molecule has 1 aromatic rings. The van der Waals surface area contributed by atoms with Crippen LogP contribution in [0.3, 0.4) is 0 Å². The molecule has 1 aliphatic heterocycles. The molecule has 160 valence electrons. The van der Waals surface area contributed by atoms with Crippen LogP contribution >= 0.6 is 0 Å². The van der Waals surface area contributed by atoms with E-state index in [2.05, 4.69) is 6.92 Å². The topological polar surface area (TPSA) is 71.1 Å². The van der Waals surface area contributed by atoms with Gasteiger partial charge in [0.2, 0.25) is 0 Å². The van der Waals surface area contributed by atoms with Gasteiger partial charge in [0.1, 0.15) is 11.9 Å². The number of hydrogen-bond donors (Lipinski definition) is 0. The summed E-state index contributed by atoms with van der Waals surface area (Å²) in [7, 11) is 3.12. The fourth-order valence-electron chi connectivity index (χ4n) is 3.56. The second kappa shape index (κ2) is 10.9. The predicted molar refractivity (Wildman–Crippen MR) is 111 cm³/mol. The third-order valence-electron chi connectivity index (χ3n) is 5.05. The maximum atomic E-state index is 12.6. The van der Waals surface area contributed by atoms with Crippen LogP contribution in [-0.2, 0) is 19.1 Å². The average molecular weight is 405 g/mol. The molecule has 0 aliphatic carbocycles. The normalized spacial score (nSPS) is 16.2. The number of fused-ring (bicyclic) bond motifs is 1. The molecule has 2 rings (SSSR count). The van der Waals surface area contributed by atoms with Crippen molar-refractivity contribution < 1.29 is 28.5 Å². The van der Waals surface area contributed by atoms with Crippen molar-refractivity contribution in [1.29, 1.82) is 0 Å². The van der Waals surface area contributed by atoms with E-state index in [1.165, 1.54) is 6.92 Å².